The van der Waals surface area contributed by atoms with E-state index in [2.05, 4.69) is 36.6 Å². The molecule has 0 aliphatic carbocycles. The summed E-state index contributed by atoms with van der Waals surface area (Å²) in [4.78, 5) is 16.5. The van der Waals surface area contributed by atoms with Gasteiger partial charge >= 0.3 is 5.97 Å². The average Bonchev–Trinajstić information content (AvgIpc) is 3.27. The maximum absolute atomic E-state index is 11.6. The lowest BCUT2D eigenvalue weighted by atomic mass is 9.97. The summed E-state index contributed by atoms with van der Waals surface area (Å²) in [5, 5.41) is 9.54. The Balaban J connectivity index is 1.74. The van der Waals surface area contributed by atoms with E-state index in [9.17, 15) is 9.90 Å². The molecule has 0 aliphatic heterocycles. The first kappa shape index (κ1) is 22.7. The molecule has 0 unspecified atom stereocenters. The molecule has 0 radical (unpaired) electrons. The second kappa shape index (κ2) is 10.0. The number of unbranched alkanes of at least 4 members (excludes halogenated alkanes) is 1. The molecular weight excluding hydrogens is 412 g/mol. The molecule has 0 aliphatic rings. The lowest BCUT2D eigenvalue weighted by Crippen LogP contribution is -2.11. The van der Waals surface area contributed by atoms with Crippen LogP contribution in [0.25, 0.3) is 16.8 Å². The molecular formula is C28H30N2O3. The van der Waals surface area contributed by atoms with Gasteiger partial charge in [0.15, 0.2) is 0 Å². The van der Waals surface area contributed by atoms with Crippen LogP contribution in [0.2, 0.25) is 0 Å². The predicted octanol–water partition coefficient (Wildman–Crippen LogP) is 6.48. The van der Waals surface area contributed by atoms with Gasteiger partial charge in [-0.3, -0.25) is 0 Å². The highest BCUT2D eigenvalue weighted by molar-refractivity contribution is 5.96. The molecule has 0 saturated heterocycles. The Kier molecular flexibility index (Phi) is 6.90. The largest absolute Gasteiger partial charge is 0.478 e. The van der Waals surface area contributed by atoms with Crippen LogP contribution in [0.3, 0.4) is 0 Å². The second-order valence-electron chi connectivity index (χ2n) is 8.28. The van der Waals surface area contributed by atoms with Crippen LogP contribution in [0, 0.1) is 6.92 Å². The van der Waals surface area contributed by atoms with Crippen LogP contribution in [0.5, 0.6) is 0 Å². The highest BCUT2D eigenvalue weighted by atomic mass is 16.5. The molecule has 2 heterocycles. The quantitative estimate of drug-likeness (QED) is 0.322. The van der Waals surface area contributed by atoms with Crippen LogP contribution in [-0.4, -0.2) is 27.1 Å². The number of benzene rings is 2. The lowest BCUT2D eigenvalue weighted by molar-refractivity contribution is 0.0697. The van der Waals surface area contributed by atoms with Crippen molar-refractivity contribution < 1.29 is 14.6 Å². The summed E-state index contributed by atoms with van der Waals surface area (Å²) in [6.45, 7) is 6.84. The standard InChI is InChI=1S/C28H30N2O3/c1-4-6-9-22-18-30-25(17-12-19(3)27(30)29-22)26(33-5-2)21-15-13-20(14-16-21)23-10-7-8-11-24(23)28(31)32/h7-8,10-18,26H,4-6,9H2,1-3H3,(H,31,32)/t26-/m1/s1. The average molecular weight is 443 g/mol. The molecule has 0 bridgehead atoms. The van der Waals surface area contributed by atoms with Gasteiger partial charge in [-0.05, 0) is 61.1 Å². The van der Waals surface area contributed by atoms with E-state index < -0.39 is 5.97 Å². The molecule has 0 spiro atoms. The van der Waals surface area contributed by atoms with E-state index in [1.807, 2.05) is 43.3 Å². The molecule has 5 nitrogen and oxygen atoms in total. The number of ether oxygens (including phenoxy) is 1. The fourth-order valence-corrected chi connectivity index (χ4v) is 4.24. The second-order valence-corrected chi connectivity index (χ2v) is 8.28. The van der Waals surface area contributed by atoms with Crippen molar-refractivity contribution in [1.29, 1.82) is 0 Å². The van der Waals surface area contributed by atoms with Crippen molar-refractivity contribution in [1.82, 2.24) is 9.38 Å². The Labute approximate surface area is 194 Å². The zero-order valence-electron chi connectivity index (χ0n) is 19.4. The topological polar surface area (TPSA) is 63.8 Å². The molecule has 1 atom stereocenters. The summed E-state index contributed by atoms with van der Waals surface area (Å²) in [5.41, 5.74) is 7.12. The number of hydrogen-bond acceptors (Lipinski definition) is 3. The van der Waals surface area contributed by atoms with Crippen LogP contribution in [0.1, 0.15) is 65.7 Å². The third-order valence-corrected chi connectivity index (χ3v) is 5.96. The van der Waals surface area contributed by atoms with E-state index in [1.54, 1.807) is 12.1 Å². The molecule has 4 rings (SSSR count). The third kappa shape index (κ3) is 4.69. The van der Waals surface area contributed by atoms with Crippen molar-refractivity contribution >= 4 is 11.6 Å². The minimum atomic E-state index is -0.928. The van der Waals surface area contributed by atoms with Crippen molar-refractivity contribution in [2.75, 3.05) is 6.61 Å². The fourth-order valence-electron chi connectivity index (χ4n) is 4.24. The molecule has 5 heteroatoms. The first-order valence-corrected chi connectivity index (χ1v) is 11.5. The normalized spacial score (nSPS) is 12.2. The zero-order chi connectivity index (χ0) is 23.4. The van der Waals surface area contributed by atoms with Gasteiger partial charge in [0.1, 0.15) is 11.8 Å². The molecule has 170 valence electrons. The van der Waals surface area contributed by atoms with Gasteiger partial charge in [-0.15, -0.1) is 0 Å². The highest BCUT2D eigenvalue weighted by Crippen LogP contribution is 2.31. The van der Waals surface area contributed by atoms with Crippen molar-refractivity contribution in [2.45, 2.75) is 46.1 Å². The SMILES string of the molecule is CCCCc1cn2c([C@H](OCC)c3ccc(-c4ccccc4C(=O)O)cc3)ccc(C)c2n1. The monoisotopic (exact) mass is 442 g/mol. The number of carboxylic acids is 1. The van der Waals surface area contributed by atoms with Gasteiger partial charge < -0.3 is 14.2 Å². The molecule has 33 heavy (non-hydrogen) atoms. The molecule has 0 fully saturated rings. The van der Waals surface area contributed by atoms with E-state index in [0.717, 1.165) is 53.0 Å². The zero-order valence-corrected chi connectivity index (χ0v) is 19.4. The van der Waals surface area contributed by atoms with Gasteiger partial charge in [-0.2, -0.15) is 0 Å². The molecule has 0 saturated carbocycles. The highest BCUT2D eigenvalue weighted by Gasteiger charge is 2.20. The van der Waals surface area contributed by atoms with Gasteiger partial charge in [0.2, 0.25) is 0 Å². The molecule has 2 aromatic heterocycles. The summed E-state index contributed by atoms with van der Waals surface area (Å²) in [6, 6.07) is 19.3. The van der Waals surface area contributed by atoms with Gasteiger partial charge in [-0.25, -0.2) is 9.78 Å². The first-order valence-electron chi connectivity index (χ1n) is 11.5. The Morgan fingerprint density at radius 1 is 1.06 bits per heavy atom. The minimum absolute atomic E-state index is 0.255. The molecule has 1 N–H and O–H groups in total. The van der Waals surface area contributed by atoms with Gasteiger partial charge in [0.05, 0.1) is 17.0 Å². The fraction of sp³-hybridized carbons (Fsp3) is 0.286. The number of imidazole rings is 1. The summed E-state index contributed by atoms with van der Waals surface area (Å²) in [5.74, 6) is -0.928. The summed E-state index contributed by atoms with van der Waals surface area (Å²) in [6.07, 6.45) is 5.10. The van der Waals surface area contributed by atoms with Crippen molar-refractivity contribution in [3.63, 3.8) is 0 Å². The lowest BCUT2D eigenvalue weighted by Gasteiger charge is -2.20. The van der Waals surface area contributed by atoms with E-state index in [1.165, 1.54) is 0 Å². The number of hydrogen-bond donors (Lipinski definition) is 1. The van der Waals surface area contributed by atoms with Crippen molar-refractivity contribution in [3.8, 4) is 11.1 Å². The van der Waals surface area contributed by atoms with E-state index in [4.69, 9.17) is 9.72 Å². The summed E-state index contributed by atoms with van der Waals surface area (Å²) < 4.78 is 8.38. The van der Waals surface area contributed by atoms with E-state index in [0.29, 0.717) is 17.7 Å². The number of rotatable bonds is 9. The van der Waals surface area contributed by atoms with Crippen molar-refractivity contribution in [2.24, 2.45) is 0 Å². The number of fused-ring (bicyclic) bond motifs is 1. The maximum atomic E-state index is 11.6. The van der Waals surface area contributed by atoms with E-state index >= 15 is 0 Å². The smallest absolute Gasteiger partial charge is 0.336 e. The van der Waals surface area contributed by atoms with Gasteiger partial charge in [-0.1, -0.05) is 61.9 Å². The van der Waals surface area contributed by atoms with Crippen LogP contribution < -0.4 is 0 Å². The third-order valence-electron chi connectivity index (χ3n) is 5.96. The van der Waals surface area contributed by atoms with Crippen LogP contribution in [-0.2, 0) is 11.2 Å². The van der Waals surface area contributed by atoms with Gasteiger partial charge in [0.25, 0.3) is 0 Å². The minimum Gasteiger partial charge on any atom is -0.478 e. The summed E-state index contributed by atoms with van der Waals surface area (Å²) in [7, 11) is 0. The number of carbonyl (C=O) groups is 1. The Hall–Kier alpha value is -3.44. The van der Waals surface area contributed by atoms with Crippen molar-refractivity contribution in [3.05, 3.63) is 94.9 Å². The molecule has 4 aromatic rings. The maximum Gasteiger partial charge on any atom is 0.336 e. The Bertz CT molecular complexity index is 1260. The summed E-state index contributed by atoms with van der Waals surface area (Å²) >= 11 is 0. The Morgan fingerprint density at radius 3 is 2.52 bits per heavy atom. The number of carboxylic acid groups (broad SMARTS) is 1. The van der Waals surface area contributed by atoms with Crippen LogP contribution in [0.15, 0.2) is 66.9 Å². The van der Waals surface area contributed by atoms with Gasteiger partial charge in [0, 0.05) is 12.8 Å². The number of nitrogens with zero attached hydrogens (tertiary/aromatic N) is 2. The van der Waals surface area contributed by atoms with Crippen LogP contribution >= 0.6 is 0 Å². The van der Waals surface area contributed by atoms with Crippen LogP contribution in [0.4, 0.5) is 0 Å². The molecule has 2 aromatic carbocycles. The number of aromatic carboxylic acids is 1. The number of aromatic nitrogens is 2. The van der Waals surface area contributed by atoms with E-state index in [-0.39, 0.29) is 6.10 Å². The molecule has 0 amide bonds. The first-order chi connectivity index (χ1) is 16.0. The number of aryl methyl sites for hydroxylation is 2. The Morgan fingerprint density at radius 2 is 1.82 bits per heavy atom. The number of pyridine rings is 1. The predicted molar refractivity (Wildman–Crippen MR) is 131 cm³/mol.